The lowest BCUT2D eigenvalue weighted by atomic mass is 10.2. The van der Waals surface area contributed by atoms with Crippen molar-refractivity contribution in [2.75, 3.05) is 0 Å². The molecule has 0 heterocycles. The Kier molecular flexibility index (Phi) is 3.38. The van der Waals surface area contributed by atoms with Crippen molar-refractivity contribution >= 4 is 34.2 Å². The molecule has 0 saturated heterocycles. The molecule has 0 fully saturated rings. The van der Waals surface area contributed by atoms with Crippen LogP contribution in [-0.4, -0.2) is 15.9 Å². The van der Waals surface area contributed by atoms with Crippen LogP contribution in [0.5, 0.6) is 0 Å². The van der Waals surface area contributed by atoms with Crippen molar-refractivity contribution in [2.24, 2.45) is 0 Å². The Morgan fingerprint density at radius 3 is 1.80 bits per heavy atom. The van der Waals surface area contributed by atoms with E-state index in [4.69, 9.17) is 0 Å². The van der Waals surface area contributed by atoms with Crippen LogP contribution in [0.4, 0.5) is 13.2 Å². The van der Waals surface area contributed by atoms with E-state index < -0.39 is 11.0 Å². The minimum Gasteiger partial charge on any atom is -0.166 e. The first-order valence-corrected chi connectivity index (χ1v) is 3.25. The topological polar surface area (TPSA) is 0 Å². The highest BCUT2D eigenvalue weighted by atomic mass is 32.1. The van der Waals surface area contributed by atoms with Crippen LogP contribution < -0.4 is 0 Å². The lowest BCUT2D eigenvalue weighted by Crippen LogP contribution is -2.22. The van der Waals surface area contributed by atoms with Gasteiger partial charge in [-0.2, -0.15) is 13.2 Å². The highest BCUT2D eigenvalue weighted by Gasteiger charge is 2.33. The molecule has 0 atom stereocenters. The number of halogens is 3. The maximum absolute atomic E-state index is 11.6. The molecule has 0 unspecified atom stereocenters. The maximum atomic E-state index is 11.6. The molecular weight excluding hydrogens is 181 g/mol. The van der Waals surface area contributed by atoms with Crippen molar-refractivity contribution < 1.29 is 13.2 Å². The van der Waals surface area contributed by atoms with E-state index >= 15 is 0 Å². The zero-order chi connectivity index (χ0) is 8.36. The summed E-state index contributed by atoms with van der Waals surface area (Å²) in [5.41, 5.74) is 0. The van der Waals surface area contributed by atoms with Crippen LogP contribution in [0.25, 0.3) is 0 Å². The number of alkyl halides is 3. The van der Waals surface area contributed by atoms with Crippen LogP contribution in [0.15, 0.2) is 0 Å². The van der Waals surface area contributed by atoms with Crippen LogP contribution in [0.2, 0.25) is 0 Å². The molecule has 5 heteroatoms. The van der Waals surface area contributed by atoms with Crippen LogP contribution in [0, 0.1) is 0 Å². The second-order valence-corrected chi connectivity index (χ2v) is 2.99. The summed E-state index contributed by atoms with van der Waals surface area (Å²) in [6.45, 7) is 1.44. The van der Waals surface area contributed by atoms with E-state index in [1.165, 1.54) is 6.92 Å². The predicted molar refractivity (Wildman–Crippen MR) is 41.5 cm³/mol. The van der Waals surface area contributed by atoms with Gasteiger partial charge in [-0.1, -0.05) is 24.4 Å². The molecular formula is C5H5F3S2. The third-order valence-electron chi connectivity index (χ3n) is 0.726. The lowest BCUT2D eigenvalue weighted by molar-refractivity contribution is -0.0572. The summed E-state index contributed by atoms with van der Waals surface area (Å²) in [4.78, 5) is -0.678. The van der Waals surface area contributed by atoms with Gasteiger partial charge in [0.15, 0.2) is 0 Å². The molecule has 10 heavy (non-hydrogen) atoms. The van der Waals surface area contributed by atoms with Gasteiger partial charge in [-0.15, -0.1) is 0 Å². The second kappa shape index (κ2) is 3.39. The molecule has 0 rings (SSSR count). The summed E-state index contributed by atoms with van der Waals surface area (Å²) < 4.78 is 34.8. The number of hydrogen-bond donors (Lipinski definition) is 0. The van der Waals surface area contributed by atoms with Crippen molar-refractivity contribution in [1.29, 1.82) is 0 Å². The molecule has 0 aromatic carbocycles. The van der Waals surface area contributed by atoms with Crippen molar-refractivity contribution in [1.82, 2.24) is 0 Å². The zero-order valence-electron chi connectivity index (χ0n) is 5.16. The summed E-state index contributed by atoms with van der Waals surface area (Å²) in [5.74, 6) is 0. The van der Waals surface area contributed by atoms with Crippen LogP contribution in [-0.2, 0) is 0 Å². The summed E-state index contributed by atoms with van der Waals surface area (Å²) in [6.07, 6.45) is -4.68. The highest BCUT2D eigenvalue weighted by molar-refractivity contribution is 7.82. The molecule has 0 saturated carbocycles. The molecule has 0 radical (unpaired) electrons. The molecule has 0 bridgehead atoms. The Balaban J connectivity index is 3.99. The third-order valence-corrected chi connectivity index (χ3v) is 1.25. The van der Waals surface area contributed by atoms with Gasteiger partial charge >= 0.3 is 6.18 Å². The number of thiocarbonyl (C=S) groups is 2. The van der Waals surface area contributed by atoms with Crippen LogP contribution in [0.1, 0.15) is 13.3 Å². The lowest BCUT2D eigenvalue weighted by Gasteiger charge is -2.05. The molecule has 0 nitrogen and oxygen atoms in total. The fraction of sp³-hybridized carbons (Fsp3) is 0.600. The van der Waals surface area contributed by atoms with Crippen molar-refractivity contribution in [3.05, 3.63) is 0 Å². The number of hydrogen-bond acceptors (Lipinski definition) is 2. The molecule has 0 spiro atoms. The van der Waals surface area contributed by atoms with Crippen molar-refractivity contribution in [3.8, 4) is 0 Å². The van der Waals surface area contributed by atoms with Gasteiger partial charge in [0.05, 0.1) is 0 Å². The molecule has 0 aliphatic rings. The average Bonchev–Trinajstić information content (AvgIpc) is 1.60. The van der Waals surface area contributed by atoms with Crippen molar-refractivity contribution in [2.45, 2.75) is 19.5 Å². The summed E-state index contributed by atoms with van der Waals surface area (Å²) in [5, 5.41) is 0. The third kappa shape index (κ3) is 3.90. The first-order valence-electron chi connectivity index (χ1n) is 2.43. The zero-order valence-corrected chi connectivity index (χ0v) is 6.79. The molecule has 0 N–H and O–H groups in total. The second-order valence-electron chi connectivity index (χ2n) is 1.80. The largest absolute Gasteiger partial charge is 0.422 e. The van der Waals surface area contributed by atoms with Gasteiger partial charge in [-0.05, 0) is 11.8 Å². The summed E-state index contributed by atoms with van der Waals surface area (Å²) >= 11 is 8.51. The SMILES string of the molecule is CC(=S)CC(=S)C(F)(F)F. The smallest absolute Gasteiger partial charge is 0.166 e. The van der Waals surface area contributed by atoms with E-state index in [1.807, 2.05) is 0 Å². The molecule has 0 aromatic heterocycles. The molecule has 0 amide bonds. The highest BCUT2D eigenvalue weighted by Crippen LogP contribution is 2.19. The van der Waals surface area contributed by atoms with E-state index in [0.717, 1.165) is 0 Å². The molecule has 58 valence electrons. The van der Waals surface area contributed by atoms with Gasteiger partial charge in [-0.25, -0.2) is 0 Å². The summed E-state index contributed by atoms with van der Waals surface area (Å²) in [6, 6.07) is 0. The maximum Gasteiger partial charge on any atom is 0.422 e. The Morgan fingerprint density at radius 1 is 1.30 bits per heavy atom. The summed E-state index contributed by atoms with van der Waals surface area (Å²) in [7, 11) is 0. The monoisotopic (exact) mass is 186 g/mol. The quantitative estimate of drug-likeness (QED) is 0.608. The Morgan fingerprint density at radius 2 is 1.70 bits per heavy atom. The standard InChI is InChI=1S/C5H5F3S2/c1-3(9)2-4(10)5(6,7)8/h2H2,1H3. The Labute approximate surface area is 67.4 Å². The van der Waals surface area contributed by atoms with Gasteiger partial charge in [-0.3, -0.25) is 0 Å². The number of rotatable bonds is 2. The van der Waals surface area contributed by atoms with Crippen LogP contribution >= 0.6 is 24.4 Å². The van der Waals surface area contributed by atoms with Gasteiger partial charge in [0.1, 0.15) is 4.86 Å². The normalized spacial score (nSPS) is 11.2. The van der Waals surface area contributed by atoms with E-state index in [9.17, 15) is 13.2 Å². The first-order chi connectivity index (χ1) is 4.34. The van der Waals surface area contributed by atoms with E-state index in [2.05, 4.69) is 24.4 Å². The van der Waals surface area contributed by atoms with E-state index in [0.29, 0.717) is 0 Å². The minimum atomic E-state index is -4.37. The van der Waals surface area contributed by atoms with E-state index in [-0.39, 0.29) is 11.3 Å². The first kappa shape index (κ1) is 9.97. The minimum absolute atomic E-state index is 0.266. The fourth-order valence-electron chi connectivity index (χ4n) is 0.326. The van der Waals surface area contributed by atoms with Gasteiger partial charge in [0.25, 0.3) is 0 Å². The van der Waals surface area contributed by atoms with Gasteiger partial charge in [0.2, 0.25) is 0 Å². The average molecular weight is 186 g/mol. The molecule has 0 aliphatic heterocycles. The Hall–Kier alpha value is -0.0300. The Bertz CT molecular complexity index is 159. The van der Waals surface area contributed by atoms with E-state index in [1.54, 1.807) is 0 Å². The van der Waals surface area contributed by atoms with Gasteiger partial charge < -0.3 is 0 Å². The molecule has 0 aliphatic carbocycles. The fourth-order valence-corrected chi connectivity index (χ4v) is 0.779. The predicted octanol–water partition coefficient (Wildman–Crippen LogP) is 2.70. The van der Waals surface area contributed by atoms with Crippen molar-refractivity contribution in [3.63, 3.8) is 0 Å². The van der Waals surface area contributed by atoms with Gasteiger partial charge in [0, 0.05) is 6.42 Å². The molecule has 0 aromatic rings. The van der Waals surface area contributed by atoms with Crippen LogP contribution in [0.3, 0.4) is 0 Å².